The van der Waals surface area contributed by atoms with E-state index < -0.39 is 0 Å². The summed E-state index contributed by atoms with van der Waals surface area (Å²) in [5.41, 5.74) is 4.76. The summed E-state index contributed by atoms with van der Waals surface area (Å²) in [4.78, 5) is 12.6. The lowest BCUT2D eigenvalue weighted by molar-refractivity contribution is -0.107. The third-order valence-corrected chi connectivity index (χ3v) is 3.25. The Morgan fingerprint density at radius 2 is 1.82 bits per heavy atom. The molecule has 0 N–H and O–H groups in total. The minimum absolute atomic E-state index is 0.803. The number of fused-ring (bicyclic) bond motifs is 1. The molecule has 0 bridgehead atoms. The first-order valence-corrected chi connectivity index (χ1v) is 5.79. The molecule has 3 rings (SSSR count). The summed E-state index contributed by atoms with van der Waals surface area (Å²) >= 11 is 0. The van der Waals surface area contributed by atoms with Gasteiger partial charge in [0.1, 0.15) is 0 Å². The molecule has 0 spiro atoms. The fourth-order valence-corrected chi connectivity index (χ4v) is 2.35. The lowest BCUT2D eigenvalue weighted by atomic mass is 10.0. The standard InChI is InChI=1S/C15H13NO/c17-11-16-9-8-14-10-13(6-7-15(14)16)12-4-2-1-3-5-12/h1-7,10-11H,8-9H2. The number of hydrogen-bond acceptors (Lipinski definition) is 1. The Bertz CT molecular complexity index is 548. The molecule has 0 aliphatic carbocycles. The number of carbonyl (C=O) groups is 1. The van der Waals surface area contributed by atoms with Gasteiger partial charge in [-0.1, -0.05) is 36.4 Å². The van der Waals surface area contributed by atoms with Gasteiger partial charge in [-0.15, -0.1) is 0 Å². The molecular formula is C15H13NO. The third kappa shape index (κ3) is 1.72. The highest BCUT2D eigenvalue weighted by molar-refractivity contribution is 5.81. The Hall–Kier alpha value is -2.09. The van der Waals surface area contributed by atoms with E-state index >= 15 is 0 Å². The summed E-state index contributed by atoms with van der Waals surface area (Å²) in [7, 11) is 0. The molecule has 1 amide bonds. The first-order valence-electron chi connectivity index (χ1n) is 5.79. The summed E-state index contributed by atoms with van der Waals surface area (Å²) in [6, 6.07) is 16.6. The van der Waals surface area contributed by atoms with Crippen molar-refractivity contribution in [1.82, 2.24) is 0 Å². The van der Waals surface area contributed by atoms with E-state index in [1.807, 2.05) is 24.3 Å². The summed E-state index contributed by atoms with van der Waals surface area (Å²) in [6.07, 6.45) is 1.86. The number of anilines is 1. The molecule has 0 unspecified atom stereocenters. The van der Waals surface area contributed by atoms with Gasteiger partial charge < -0.3 is 4.90 Å². The smallest absolute Gasteiger partial charge is 0.214 e. The second-order valence-corrected chi connectivity index (χ2v) is 4.26. The average Bonchev–Trinajstić information content (AvgIpc) is 2.81. The predicted molar refractivity (Wildman–Crippen MR) is 69.0 cm³/mol. The predicted octanol–water partition coefficient (Wildman–Crippen LogP) is 2.87. The Morgan fingerprint density at radius 3 is 2.59 bits per heavy atom. The summed E-state index contributed by atoms with van der Waals surface area (Å²) in [5.74, 6) is 0. The highest BCUT2D eigenvalue weighted by Gasteiger charge is 2.18. The first-order chi connectivity index (χ1) is 8.38. The second kappa shape index (κ2) is 4.06. The van der Waals surface area contributed by atoms with E-state index in [1.54, 1.807) is 4.90 Å². The van der Waals surface area contributed by atoms with Crippen molar-refractivity contribution in [3.05, 3.63) is 54.1 Å². The van der Waals surface area contributed by atoms with E-state index in [2.05, 4.69) is 24.3 Å². The number of hydrogen-bond donors (Lipinski definition) is 0. The molecule has 0 radical (unpaired) electrons. The van der Waals surface area contributed by atoms with Gasteiger partial charge in [0, 0.05) is 12.2 Å². The van der Waals surface area contributed by atoms with Crippen LogP contribution in [0.25, 0.3) is 11.1 Å². The van der Waals surface area contributed by atoms with Gasteiger partial charge in [-0.2, -0.15) is 0 Å². The molecule has 2 nitrogen and oxygen atoms in total. The average molecular weight is 223 g/mol. The highest BCUT2D eigenvalue weighted by atomic mass is 16.1. The van der Waals surface area contributed by atoms with Gasteiger partial charge in [-0.05, 0) is 35.2 Å². The van der Waals surface area contributed by atoms with Crippen molar-refractivity contribution >= 4 is 12.1 Å². The molecule has 1 heterocycles. The second-order valence-electron chi connectivity index (χ2n) is 4.26. The zero-order valence-corrected chi connectivity index (χ0v) is 9.47. The van der Waals surface area contributed by atoms with Crippen LogP contribution in [0, 0.1) is 0 Å². The van der Waals surface area contributed by atoms with Gasteiger partial charge in [0.2, 0.25) is 6.41 Å². The van der Waals surface area contributed by atoms with E-state index in [9.17, 15) is 4.79 Å². The quantitative estimate of drug-likeness (QED) is 0.717. The van der Waals surface area contributed by atoms with E-state index in [0.717, 1.165) is 25.1 Å². The molecule has 0 saturated carbocycles. The molecule has 1 aliphatic heterocycles. The SMILES string of the molecule is O=CN1CCc2cc(-c3ccccc3)ccc21. The van der Waals surface area contributed by atoms with Gasteiger partial charge in [0.05, 0.1) is 0 Å². The fourth-order valence-electron chi connectivity index (χ4n) is 2.35. The Balaban J connectivity index is 2.03. The van der Waals surface area contributed by atoms with Crippen LogP contribution in [0.5, 0.6) is 0 Å². The molecule has 84 valence electrons. The van der Waals surface area contributed by atoms with Crippen LogP contribution in [0.4, 0.5) is 5.69 Å². The van der Waals surface area contributed by atoms with E-state index in [0.29, 0.717) is 0 Å². The van der Waals surface area contributed by atoms with Crippen LogP contribution in [-0.4, -0.2) is 13.0 Å². The van der Waals surface area contributed by atoms with Crippen LogP contribution in [-0.2, 0) is 11.2 Å². The number of nitrogens with zero attached hydrogens (tertiary/aromatic N) is 1. The van der Waals surface area contributed by atoms with Crippen LogP contribution >= 0.6 is 0 Å². The van der Waals surface area contributed by atoms with Crippen molar-refractivity contribution in [1.29, 1.82) is 0 Å². The van der Waals surface area contributed by atoms with Crippen molar-refractivity contribution in [3.63, 3.8) is 0 Å². The number of carbonyl (C=O) groups excluding carboxylic acids is 1. The lowest BCUT2D eigenvalue weighted by Crippen LogP contribution is -2.17. The molecule has 1 aliphatic rings. The molecule has 2 aromatic rings. The topological polar surface area (TPSA) is 20.3 Å². The minimum Gasteiger partial charge on any atom is -0.314 e. The van der Waals surface area contributed by atoms with Gasteiger partial charge in [-0.3, -0.25) is 4.79 Å². The first kappa shape index (κ1) is 10.1. The van der Waals surface area contributed by atoms with Crippen LogP contribution in [0.2, 0.25) is 0 Å². The van der Waals surface area contributed by atoms with E-state index in [1.165, 1.54) is 16.7 Å². The molecule has 0 atom stereocenters. The van der Waals surface area contributed by atoms with Crippen LogP contribution in [0.1, 0.15) is 5.56 Å². The van der Waals surface area contributed by atoms with Gasteiger partial charge in [-0.25, -0.2) is 0 Å². The molecule has 2 aromatic carbocycles. The third-order valence-electron chi connectivity index (χ3n) is 3.25. The summed E-state index contributed by atoms with van der Waals surface area (Å²) in [6.45, 7) is 0.803. The zero-order valence-electron chi connectivity index (χ0n) is 9.47. The van der Waals surface area contributed by atoms with Gasteiger partial charge in [0.15, 0.2) is 0 Å². The fraction of sp³-hybridized carbons (Fsp3) is 0.133. The number of rotatable bonds is 2. The van der Waals surface area contributed by atoms with Crippen LogP contribution in [0.3, 0.4) is 0 Å². The van der Waals surface area contributed by atoms with Crippen LogP contribution < -0.4 is 4.90 Å². The molecule has 0 saturated heterocycles. The molecular weight excluding hydrogens is 210 g/mol. The maximum atomic E-state index is 10.9. The normalized spacial score (nSPS) is 13.5. The maximum absolute atomic E-state index is 10.9. The van der Waals surface area contributed by atoms with Crippen molar-refractivity contribution in [2.75, 3.05) is 11.4 Å². The summed E-state index contributed by atoms with van der Waals surface area (Å²) in [5, 5.41) is 0. The Morgan fingerprint density at radius 1 is 1.00 bits per heavy atom. The van der Waals surface area contributed by atoms with Gasteiger partial charge >= 0.3 is 0 Å². The van der Waals surface area contributed by atoms with Crippen molar-refractivity contribution in [2.45, 2.75) is 6.42 Å². The zero-order chi connectivity index (χ0) is 11.7. The Labute approximate surface area is 100 Å². The van der Waals surface area contributed by atoms with E-state index in [4.69, 9.17) is 0 Å². The minimum atomic E-state index is 0.803. The maximum Gasteiger partial charge on any atom is 0.214 e. The molecule has 0 fully saturated rings. The monoisotopic (exact) mass is 223 g/mol. The van der Waals surface area contributed by atoms with Crippen LogP contribution in [0.15, 0.2) is 48.5 Å². The largest absolute Gasteiger partial charge is 0.314 e. The van der Waals surface area contributed by atoms with Gasteiger partial charge in [0.25, 0.3) is 0 Å². The number of benzene rings is 2. The molecule has 0 aromatic heterocycles. The lowest BCUT2D eigenvalue weighted by Gasteiger charge is -2.10. The Kier molecular flexibility index (Phi) is 2.41. The van der Waals surface area contributed by atoms with E-state index in [-0.39, 0.29) is 0 Å². The van der Waals surface area contributed by atoms with Crippen molar-refractivity contribution in [2.24, 2.45) is 0 Å². The molecule has 17 heavy (non-hydrogen) atoms. The number of amides is 1. The molecule has 2 heteroatoms. The summed E-state index contributed by atoms with van der Waals surface area (Å²) < 4.78 is 0. The van der Waals surface area contributed by atoms with Crippen molar-refractivity contribution in [3.8, 4) is 11.1 Å². The highest BCUT2D eigenvalue weighted by Crippen LogP contribution is 2.31. The van der Waals surface area contributed by atoms with Crippen molar-refractivity contribution < 1.29 is 4.79 Å².